The maximum atomic E-state index is 10.9. The minimum atomic E-state index is -0.111. The summed E-state index contributed by atoms with van der Waals surface area (Å²) in [7, 11) is 0. The van der Waals surface area contributed by atoms with Gasteiger partial charge in [-0.25, -0.2) is 0 Å². The minimum Gasteiger partial charge on any atom is -0.576 e. The van der Waals surface area contributed by atoms with E-state index in [0.717, 1.165) is 10.1 Å². The molecule has 0 saturated carbocycles. The van der Waals surface area contributed by atoms with E-state index in [1.54, 1.807) is 6.07 Å². The molecule has 1 aromatic heterocycles. The van der Waals surface area contributed by atoms with E-state index < -0.39 is 0 Å². The first-order valence-corrected chi connectivity index (χ1v) is 3.67. The van der Waals surface area contributed by atoms with Crippen molar-refractivity contribution in [2.45, 2.75) is 0 Å². The van der Waals surface area contributed by atoms with Crippen LogP contribution in [0.25, 0.3) is 10.1 Å². The summed E-state index contributed by atoms with van der Waals surface area (Å²) < 4.78 is 4.65. The molecule has 0 N–H and O–H groups in total. The topological polar surface area (TPSA) is 31.2 Å². The maximum Gasteiger partial charge on any atom is 1.00 e. The van der Waals surface area contributed by atoms with Crippen molar-refractivity contribution < 1.29 is 29.6 Å². The van der Waals surface area contributed by atoms with Crippen LogP contribution in [0.4, 0.5) is 0 Å². The second-order valence-electron chi connectivity index (χ2n) is 1.98. The molecular formula is C7H4NNaOS. The number of benzene rings is 1. The Hall–Kier alpha value is -0.0900. The molecule has 0 radical (unpaired) electrons. The van der Waals surface area contributed by atoms with Crippen molar-refractivity contribution in [2.75, 3.05) is 0 Å². The van der Waals surface area contributed by atoms with Gasteiger partial charge in [-0.1, -0.05) is 18.2 Å². The van der Waals surface area contributed by atoms with Gasteiger partial charge in [-0.3, -0.25) is 11.5 Å². The van der Waals surface area contributed by atoms with Gasteiger partial charge in [0, 0.05) is 10.1 Å². The Balaban J connectivity index is 0.000000605. The molecule has 0 saturated heterocycles. The van der Waals surface area contributed by atoms with Crippen molar-refractivity contribution in [1.82, 2.24) is 4.37 Å². The molecule has 0 bridgehead atoms. The predicted molar refractivity (Wildman–Crippen MR) is 41.4 cm³/mol. The van der Waals surface area contributed by atoms with Gasteiger partial charge in [0.2, 0.25) is 0 Å². The summed E-state index contributed by atoms with van der Waals surface area (Å²) in [5.74, 6) is 0. The van der Waals surface area contributed by atoms with E-state index in [1.807, 2.05) is 18.2 Å². The van der Waals surface area contributed by atoms with Crippen molar-refractivity contribution >= 4 is 21.6 Å². The van der Waals surface area contributed by atoms with Crippen LogP contribution in [0.15, 0.2) is 29.1 Å². The Morgan fingerprint density at radius 1 is 1.27 bits per heavy atom. The van der Waals surface area contributed by atoms with Gasteiger partial charge >= 0.3 is 29.6 Å². The van der Waals surface area contributed by atoms with Crippen LogP contribution in [0, 0.1) is 0 Å². The third-order valence-corrected chi connectivity index (χ3v) is 2.15. The van der Waals surface area contributed by atoms with Crippen LogP contribution in [0.3, 0.4) is 0 Å². The predicted octanol–water partition coefficient (Wildman–Crippen LogP) is -1.78. The van der Waals surface area contributed by atoms with Crippen LogP contribution in [-0.2, 0) is 0 Å². The van der Waals surface area contributed by atoms with Gasteiger partial charge in [0.1, 0.15) is 0 Å². The molecule has 2 rings (SSSR count). The summed E-state index contributed by atoms with van der Waals surface area (Å²) in [5.41, 5.74) is -0.111. The Bertz CT molecular complexity index is 406. The van der Waals surface area contributed by atoms with Crippen LogP contribution in [0.1, 0.15) is 0 Å². The molecular weight excluding hydrogens is 169 g/mol. The smallest absolute Gasteiger partial charge is 0.576 e. The van der Waals surface area contributed by atoms with Gasteiger partial charge < -0.3 is 9.17 Å². The Morgan fingerprint density at radius 3 is 2.73 bits per heavy atom. The van der Waals surface area contributed by atoms with Gasteiger partial charge in [0.05, 0.1) is 5.56 Å². The second kappa shape index (κ2) is 3.54. The van der Waals surface area contributed by atoms with Gasteiger partial charge in [0.25, 0.3) is 0 Å². The SMILES string of the molecule is O=c1[n-]sc2ccccc12.[Na+]. The number of hydrogen-bond donors (Lipinski definition) is 0. The van der Waals surface area contributed by atoms with E-state index in [2.05, 4.69) is 4.37 Å². The summed E-state index contributed by atoms with van der Waals surface area (Å²) in [4.78, 5) is 10.9. The molecule has 2 aromatic rings. The molecule has 0 unspecified atom stereocenters. The zero-order valence-electron chi connectivity index (χ0n) is 6.07. The van der Waals surface area contributed by atoms with Crippen LogP contribution in [0.5, 0.6) is 0 Å². The fraction of sp³-hybridized carbons (Fsp3) is 0. The molecule has 1 heterocycles. The Kier molecular flexibility index (Phi) is 2.90. The van der Waals surface area contributed by atoms with E-state index in [4.69, 9.17) is 0 Å². The molecule has 0 aliphatic heterocycles. The fourth-order valence-electron chi connectivity index (χ4n) is 0.863. The molecule has 0 spiro atoms. The third kappa shape index (κ3) is 1.56. The molecule has 0 atom stereocenters. The minimum absolute atomic E-state index is 0. The number of nitrogens with zero attached hydrogens (tertiary/aromatic N) is 1. The van der Waals surface area contributed by atoms with Crippen molar-refractivity contribution in [3.63, 3.8) is 0 Å². The number of fused-ring (bicyclic) bond motifs is 1. The molecule has 0 fully saturated rings. The van der Waals surface area contributed by atoms with E-state index in [1.165, 1.54) is 11.5 Å². The van der Waals surface area contributed by atoms with Crippen LogP contribution >= 0.6 is 11.5 Å². The van der Waals surface area contributed by atoms with Gasteiger partial charge in [-0.2, -0.15) is 0 Å². The standard InChI is InChI=1S/C7H5NOS.Na/c9-7-5-3-1-2-4-6(5)10-8-7;/h1-4H,(H,8,9);/q;+1/p-1. The van der Waals surface area contributed by atoms with Crippen molar-refractivity contribution in [3.05, 3.63) is 34.6 Å². The zero-order valence-corrected chi connectivity index (χ0v) is 8.89. The summed E-state index contributed by atoms with van der Waals surface area (Å²) in [5, 5.41) is 0.729. The number of hydrogen-bond acceptors (Lipinski definition) is 2. The molecule has 11 heavy (non-hydrogen) atoms. The van der Waals surface area contributed by atoms with E-state index >= 15 is 0 Å². The number of aromatic nitrogens is 1. The van der Waals surface area contributed by atoms with Gasteiger partial charge in [-0.05, 0) is 6.07 Å². The molecule has 0 aliphatic rings. The van der Waals surface area contributed by atoms with E-state index in [0.29, 0.717) is 0 Å². The Morgan fingerprint density at radius 2 is 2.00 bits per heavy atom. The van der Waals surface area contributed by atoms with Crippen molar-refractivity contribution in [1.29, 1.82) is 0 Å². The molecule has 50 valence electrons. The van der Waals surface area contributed by atoms with E-state index in [-0.39, 0.29) is 35.1 Å². The monoisotopic (exact) mass is 173 g/mol. The molecule has 0 aliphatic carbocycles. The molecule has 1 aromatic carbocycles. The second-order valence-corrected chi connectivity index (χ2v) is 2.79. The summed E-state index contributed by atoms with van der Waals surface area (Å²) in [6.45, 7) is 0. The average molecular weight is 173 g/mol. The summed E-state index contributed by atoms with van der Waals surface area (Å²) in [6, 6.07) is 7.44. The van der Waals surface area contributed by atoms with Gasteiger partial charge in [-0.15, -0.1) is 0 Å². The van der Waals surface area contributed by atoms with Crippen LogP contribution in [0.2, 0.25) is 0 Å². The molecule has 4 heteroatoms. The van der Waals surface area contributed by atoms with Crippen molar-refractivity contribution in [3.8, 4) is 0 Å². The first kappa shape index (κ1) is 9.00. The summed E-state index contributed by atoms with van der Waals surface area (Å²) >= 11 is 1.25. The number of rotatable bonds is 0. The summed E-state index contributed by atoms with van der Waals surface area (Å²) in [6.07, 6.45) is 0. The maximum absolute atomic E-state index is 10.9. The van der Waals surface area contributed by atoms with Crippen LogP contribution < -0.4 is 39.5 Å². The fourth-order valence-corrected chi connectivity index (χ4v) is 1.54. The molecule has 2 nitrogen and oxygen atoms in total. The van der Waals surface area contributed by atoms with E-state index in [9.17, 15) is 4.79 Å². The van der Waals surface area contributed by atoms with Crippen molar-refractivity contribution in [2.24, 2.45) is 0 Å². The first-order valence-electron chi connectivity index (χ1n) is 2.89. The quantitative estimate of drug-likeness (QED) is 0.441. The average Bonchev–Trinajstić information content (AvgIpc) is 2.34. The molecule has 0 amide bonds. The third-order valence-electron chi connectivity index (χ3n) is 1.34. The first-order chi connectivity index (χ1) is 4.88. The zero-order chi connectivity index (χ0) is 6.97. The van der Waals surface area contributed by atoms with Gasteiger partial charge in [0.15, 0.2) is 0 Å². The van der Waals surface area contributed by atoms with Crippen LogP contribution in [-0.4, -0.2) is 0 Å². The Labute approximate surface area is 89.7 Å². The largest absolute Gasteiger partial charge is 1.00 e. The normalized spacial score (nSPS) is 9.45.